The molecule has 5 rings (SSSR count). The molecule has 0 saturated heterocycles. The number of carbonyl (C=O) groups excluding carboxylic acids is 1. The van der Waals surface area contributed by atoms with Crippen LogP contribution in [0.25, 0.3) is 22.3 Å². The van der Waals surface area contributed by atoms with Crippen LogP contribution in [-0.2, 0) is 20.7 Å². The van der Waals surface area contributed by atoms with Crippen LogP contribution < -0.4 is 24.0 Å². The van der Waals surface area contributed by atoms with Crippen LogP contribution >= 0.6 is 0 Å². The van der Waals surface area contributed by atoms with E-state index in [9.17, 15) is 15.2 Å². The average Bonchev–Trinajstić information content (AvgIpc) is 3.43. The van der Waals surface area contributed by atoms with Crippen LogP contribution in [0, 0.1) is 56.7 Å². The third-order valence-corrected chi connectivity index (χ3v) is 8.13. The van der Waals surface area contributed by atoms with Crippen molar-refractivity contribution in [2.24, 2.45) is 0 Å². The van der Waals surface area contributed by atoms with Gasteiger partial charge in [0.25, 0.3) is 0 Å². The number of nitriles is 5. The molecule has 0 amide bonds. The molecule has 0 aliphatic carbocycles. The van der Waals surface area contributed by atoms with Gasteiger partial charge in [-0.25, -0.2) is 0 Å². The summed E-state index contributed by atoms with van der Waals surface area (Å²) in [7, 11) is 0. The Morgan fingerprint density at radius 2 is 1.17 bits per heavy atom. The molecule has 0 saturated carbocycles. The minimum Gasteiger partial charge on any atom is -0.855 e. The second-order valence-electron chi connectivity index (χ2n) is 11.5. The number of Topliss-reactive ketones (excluding diaryl/α,β-unsaturated/α-hetero) is 1. The molecule has 1 heterocycles. The smallest absolute Gasteiger partial charge is 0.855 e. The van der Waals surface area contributed by atoms with Crippen molar-refractivity contribution in [3.63, 3.8) is 0 Å². The van der Waals surface area contributed by atoms with Crippen LogP contribution in [0.2, 0.25) is 0 Å². The molecule has 1 aliphatic rings. The Labute approximate surface area is 323 Å². The third-order valence-electron chi connectivity index (χ3n) is 8.13. The van der Waals surface area contributed by atoms with Gasteiger partial charge in [0.15, 0.2) is 22.7 Å². The number of allylic oxidation sites excluding steroid dienone is 2. The van der Waals surface area contributed by atoms with Gasteiger partial charge in [-0.05, 0) is 66.6 Å². The summed E-state index contributed by atoms with van der Waals surface area (Å²) in [6.07, 6.45) is 0. The number of nitrogens with zero attached hydrogens (tertiary/aromatic N) is 5. The Bertz CT molecular complexity index is 2070. The summed E-state index contributed by atoms with van der Waals surface area (Å²) in [5.41, 5.74) is 4.28. The molecule has 4 aromatic carbocycles. The van der Waals surface area contributed by atoms with Crippen molar-refractivity contribution in [3.8, 4) is 52.6 Å². The van der Waals surface area contributed by atoms with Gasteiger partial charge in [0.05, 0.1) is 17.7 Å². The zero-order chi connectivity index (χ0) is 38.7. The van der Waals surface area contributed by atoms with Crippen LogP contribution in [0.3, 0.4) is 0 Å². The summed E-state index contributed by atoms with van der Waals surface area (Å²) in [6, 6.07) is 44.3. The predicted octanol–water partition coefficient (Wildman–Crippen LogP) is 4.68. The number of benzene rings is 4. The van der Waals surface area contributed by atoms with Gasteiger partial charge in [-0.15, -0.1) is 6.61 Å². The minimum absolute atomic E-state index is 0. The van der Waals surface area contributed by atoms with Gasteiger partial charge in [-0.3, -0.25) is 4.79 Å². The van der Waals surface area contributed by atoms with Gasteiger partial charge >= 0.3 is 18.9 Å². The Morgan fingerprint density at radius 1 is 0.774 bits per heavy atom. The first kappa shape index (κ1) is 44.8. The van der Waals surface area contributed by atoms with Crippen molar-refractivity contribution in [1.29, 1.82) is 26.3 Å². The van der Waals surface area contributed by atoms with E-state index in [1.807, 2.05) is 104 Å². The summed E-state index contributed by atoms with van der Waals surface area (Å²) in [4.78, 5) is 11.4. The number of hydrogen-bond donors (Lipinski definition) is 1. The van der Waals surface area contributed by atoms with E-state index in [0.717, 1.165) is 27.8 Å². The Balaban J connectivity index is 0.000000451. The van der Waals surface area contributed by atoms with E-state index in [4.69, 9.17) is 30.9 Å². The summed E-state index contributed by atoms with van der Waals surface area (Å²) in [6.45, 7) is 8.12. The first-order chi connectivity index (χ1) is 24.9. The maximum Gasteiger partial charge on any atom is 1.00 e. The van der Waals surface area contributed by atoms with Gasteiger partial charge in [-0.1, -0.05) is 116 Å². The predicted molar refractivity (Wildman–Crippen MR) is 195 cm³/mol. The molecule has 0 radical (unpaired) electrons. The molecule has 2 unspecified atom stereocenters. The van der Waals surface area contributed by atoms with Crippen LogP contribution in [0.15, 0.2) is 132 Å². The number of ketones is 1. The van der Waals surface area contributed by atoms with Crippen molar-refractivity contribution in [1.82, 2.24) is 0 Å². The van der Waals surface area contributed by atoms with Gasteiger partial charge in [0.2, 0.25) is 0 Å². The summed E-state index contributed by atoms with van der Waals surface area (Å²) < 4.78 is 5.98. The van der Waals surface area contributed by atoms with Crippen LogP contribution in [0.4, 0.5) is 0 Å². The monoisotopic (exact) mass is 695 g/mol. The van der Waals surface area contributed by atoms with Crippen molar-refractivity contribution in [2.45, 2.75) is 52.2 Å². The second-order valence-corrected chi connectivity index (χ2v) is 11.5. The van der Waals surface area contributed by atoms with Crippen LogP contribution in [-0.4, -0.2) is 17.5 Å². The van der Waals surface area contributed by atoms with Crippen molar-refractivity contribution in [3.05, 3.63) is 143 Å². The number of rotatable bonds is 5. The van der Waals surface area contributed by atoms with Crippen molar-refractivity contribution >= 4 is 5.78 Å². The van der Waals surface area contributed by atoms with Gasteiger partial charge in [-0.2, -0.15) is 26.3 Å². The summed E-state index contributed by atoms with van der Waals surface area (Å²) >= 11 is 0. The Morgan fingerprint density at radius 3 is 1.51 bits per heavy atom. The fourth-order valence-corrected chi connectivity index (χ4v) is 4.92. The van der Waals surface area contributed by atoms with E-state index < -0.39 is 11.2 Å². The summed E-state index contributed by atoms with van der Waals surface area (Å²) in [5.74, 6) is -0.195. The molecule has 53 heavy (non-hydrogen) atoms. The standard InChI is InChI=1S/C22H15N3O.C16H16O2.C3H2N2.C2H5O.Li/c1-15-20(14-25)21(18(12-23)13-24)26-22(15,2)19-10-8-17(9-11-19)16-6-4-3-5-7-16;1-12(17)16(2,18)15-10-8-14(9-11-15)13-6-4-3-5-7-13;4-2-1-3-5;1-2-3;/h3-11H,1-2H3;3-11,18H,1-2H3;1H2;2H2,1H3;/q;;;-1;+1. The van der Waals surface area contributed by atoms with E-state index in [1.165, 1.54) is 13.8 Å². The quantitative estimate of drug-likeness (QED) is 0.228. The SMILES string of the molecule is CC(=O)C(C)(O)c1ccc(-c2ccccc2)cc1.CC1=C(C#N)C(=C(C#N)C#N)OC1(C)c1ccc(-c2ccccc2)cc1.CC[O-].N#CCC#N.[Li+]. The molecule has 0 fully saturated rings. The Kier molecular flexibility index (Phi) is 18.5. The van der Waals surface area contributed by atoms with E-state index in [0.29, 0.717) is 11.1 Å². The molecule has 260 valence electrons. The number of hydrogen-bond acceptors (Lipinski definition) is 9. The zero-order valence-corrected chi connectivity index (χ0v) is 30.7. The van der Waals surface area contributed by atoms with E-state index in [1.54, 1.807) is 50.3 Å². The average molecular weight is 696 g/mol. The molecule has 2 atom stereocenters. The molecule has 10 heteroatoms. The molecule has 0 aromatic heterocycles. The van der Waals surface area contributed by atoms with E-state index in [2.05, 4.69) is 6.07 Å². The van der Waals surface area contributed by atoms with Gasteiger partial charge in [0, 0.05) is 0 Å². The maximum absolute atomic E-state index is 11.4. The van der Waals surface area contributed by atoms with E-state index >= 15 is 0 Å². The number of carbonyl (C=O) groups is 1. The number of ether oxygens (including phenoxy) is 1. The number of aliphatic hydroxyl groups is 1. The largest absolute Gasteiger partial charge is 1.00 e. The second kappa shape index (κ2) is 21.9. The van der Waals surface area contributed by atoms with Gasteiger partial charge in [0.1, 0.15) is 30.2 Å². The van der Waals surface area contributed by atoms with Crippen LogP contribution in [0.5, 0.6) is 0 Å². The molecule has 1 N–H and O–H groups in total. The molecule has 1 aliphatic heterocycles. The normalized spacial score (nSPS) is 14.6. The topological polar surface area (TPSA) is 189 Å². The first-order valence-electron chi connectivity index (χ1n) is 16.1. The fourth-order valence-electron chi connectivity index (χ4n) is 4.92. The molecule has 4 aromatic rings. The van der Waals surface area contributed by atoms with Gasteiger partial charge < -0.3 is 14.9 Å². The maximum atomic E-state index is 11.4. The van der Waals surface area contributed by atoms with Crippen molar-refractivity contribution in [2.75, 3.05) is 6.61 Å². The molecular formula is C43H38LiN5O4. The van der Waals surface area contributed by atoms with E-state index in [-0.39, 0.29) is 54.6 Å². The first-order valence-corrected chi connectivity index (χ1v) is 16.1. The van der Waals surface area contributed by atoms with Crippen LogP contribution in [0.1, 0.15) is 52.2 Å². The van der Waals surface area contributed by atoms with Crippen molar-refractivity contribution < 1.29 is 38.6 Å². The zero-order valence-electron chi connectivity index (χ0n) is 30.7. The third kappa shape index (κ3) is 11.7. The molecule has 9 nitrogen and oxygen atoms in total. The molecular weight excluding hydrogens is 657 g/mol. The fraction of sp³-hybridized carbons (Fsp3) is 0.209. The molecule has 0 spiro atoms. The minimum atomic E-state index is -1.41. The molecule has 0 bridgehead atoms. The summed E-state index contributed by atoms with van der Waals surface area (Å²) in [5, 5.41) is 62.0. The Hall–Kier alpha value is -6.20.